The summed E-state index contributed by atoms with van der Waals surface area (Å²) in [4.78, 5) is 25.6. The van der Waals surface area contributed by atoms with Gasteiger partial charge in [-0.25, -0.2) is 4.79 Å². The van der Waals surface area contributed by atoms with E-state index in [1.165, 1.54) is 13.0 Å². The molecule has 1 aromatic rings. The van der Waals surface area contributed by atoms with Gasteiger partial charge in [0, 0.05) is 18.8 Å². The first-order valence-electron chi connectivity index (χ1n) is 4.64. The molecule has 0 saturated heterocycles. The maximum absolute atomic E-state index is 10.8. The molecule has 1 aromatic heterocycles. The van der Waals surface area contributed by atoms with E-state index in [1.807, 2.05) is 0 Å². The molecule has 0 fully saturated rings. The summed E-state index contributed by atoms with van der Waals surface area (Å²) in [6, 6.07) is 3.39. The molecule has 0 bridgehead atoms. The lowest BCUT2D eigenvalue weighted by Gasteiger charge is -2.03. The first-order chi connectivity index (χ1) is 7.49. The van der Waals surface area contributed by atoms with Crippen molar-refractivity contribution in [3.8, 4) is 0 Å². The number of pyridine rings is 1. The van der Waals surface area contributed by atoms with Crippen LogP contribution in [0, 0.1) is 6.92 Å². The van der Waals surface area contributed by atoms with Gasteiger partial charge in [-0.2, -0.15) is 0 Å². The number of carbonyl (C=O) groups is 2. The van der Waals surface area contributed by atoms with Crippen LogP contribution in [0.2, 0.25) is 0 Å². The van der Waals surface area contributed by atoms with E-state index in [4.69, 9.17) is 5.11 Å². The van der Waals surface area contributed by atoms with E-state index in [9.17, 15) is 9.59 Å². The molecule has 16 heavy (non-hydrogen) atoms. The first-order valence-corrected chi connectivity index (χ1v) is 4.64. The van der Waals surface area contributed by atoms with Crippen molar-refractivity contribution in [3.05, 3.63) is 35.3 Å². The van der Waals surface area contributed by atoms with Crippen molar-refractivity contribution in [1.82, 2.24) is 10.3 Å². The number of aromatic nitrogens is 1. The fourth-order valence-corrected chi connectivity index (χ4v) is 1.16. The Hall–Kier alpha value is -2.17. The molecule has 0 spiro atoms. The lowest BCUT2D eigenvalue weighted by Crippen LogP contribution is -2.24. The number of carbonyl (C=O) groups excluding carboxylic acids is 1. The molecule has 0 aliphatic carbocycles. The molecule has 1 rings (SSSR count). The fraction of sp³-hybridized carbons (Fsp3) is 0.182. The molecule has 1 amide bonds. The molecule has 5 heteroatoms. The molecule has 5 nitrogen and oxygen atoms in total. The van der Waals surface area contributed by atoms with Crippen molar-refractivity contribution < 1.29 is 14.7 Å². The van der Waals surface area contributed by atoms with Crippen molar-refractivity contribution in [2.75, 3.05) is 0 Å². The van der Waals surface area contributed by atoms with Gasteiger partial charge in [0.25, 0.3) is 0 Å². The number of aliphatic carboxylic acids is 1. The van der Waals surface area contributed by atoms with Crippen LogP contribution in [0.25, 0.3) is 6.08 Å². The van der Waals surface area contributed by atoms with Crippen LogP contribution in [0.5, 0.6) is 0 Å². The van der Waals surface area contributed by atoms with Gasteiger partial charge >= 0.3 is 5.97 Å². The third-order valence-electron chi connectivity index (χ3n) is 1.77. The van der Waals surface area contributed by atoms with Crippen LogP contribution < -0.4 is 5.32 Å². The van der Waals surface area contributed by atoms with E-state index in [2.05, 4.69) is 10.3 Å². The Balaban J connectivity index is 3.02. The summed E-state index contributed by atoms with van der Waals surface area (Å²) in [6.45, 7) is 3.06. The molecule has 2 N–H and O–H groups in total. The Morgan fingerprint density at radius 3 is 2.69 bits per heavy atom. The van der Waals surface area contributed by atoms with Crippen molar-refractivity contribution >= 4 is 18.0 Å². The first kappa shape index (κ1) is 11.9. The van der Waals surface area contributed by atoms with Gasteiger partial charge in [0.05, 0.1) is 0 Å². The molecule has 0 unspecified atom stereocenters. The highest BCUT2D eigenvalue weighted by atomic mass is 16.4. The highest BCUT2D eigenvalue weighted by molar-refractivity contribution is 5.96. The monoisotopic (exact) mass is 220 g/mol. The second-order valence-corrected chi connectivity index (χ2v) is 3.27. The van der Waals surface area contributed by atoms with Crippen molar-refractivity contribution in [2.24, 2.45) is 0 Å². The molecule has 84 valence electrons. The Morgan fingerprint density at radius 1 is 1.50 bits per heavy atom. The molecule has 0 radical (unpaired) electrons. The van der Waals surface area contributed by atoms with E-state index in [0.29, 0.717) is 5.56 Å². The van der Waals surface area contributed by atoms with Crippen molar-refractivity contribution in [1.29, 1.82) is 0 Å². The maximum Gasteiger partial charge on any atom is 0.352 e. The third kappa shape index (κ3) is 3.53. The van der Waals surface area contributed by atoms with Crippen molar-refractivity contribution in [2.45, 2.75) is 13.8 Å². The van der Waals surface area contributed by atoms with E-state index in [1.54, 1.807) is 25.3 Å². The number of carboxylic acids is 1. The molecular formula is C11H12N2O3. The molecule has 0 saturated carbocycles. The smallest absolute Gasteiger partial charge is 0.352 e. The highest BCUT2D eigenvalue weighted by Gasteiger charge is 2.08. The van der Waals surface area contributed by atoms with Gasteiger partial charge < -0.3 is 10.4 Å². The SMILES string of the molecule is CC(=O)N/C(=C/c1ccnc(C)c1)C(=O)O. The van der Waals surface area contributed by atoms with Crippen LogP contribution >= 0.6 is 0 Å². The predicted octanol–water partition coefficient (Wildman–Crippen LogP) is 0.952. The maximum atomic E-state index is 10.8. The zero-order valence-corrected chi connectivity index (χ0v) is 9.02. The number of hydrogen-bond acceptors (Lipinski definition) is 3. The Kier molecular flexibility index (Phi) is 3.77. The van der Waals surface area contributed by atoms with Crippen molar-refractivity contribution in [3.63, 3.8) is 0 Å². The largest absolute Gasteiger partial charge is 0.477 e. The summed E-state index contributed by atoms with van der Waals surface area (Å²) >= 11 is 0. The summed E-state index contributed by atoms with van der Waals surface area (Å²) in [7, 11) is 0. The normalized spacial score (nSPS) is 11.0. The van der Waals surface area contributed by atoms with E-state index >= 15 is 0 Å². The number of rotatable bonds is 3. The quantitative estimate of drug-likeness (QED) is 0.743. The molecule has 0 aromatic carbocycles. The number of amides is 1. The lowest BCUT2D eigenvalue weighted by atomic mass is 10.2. The zero-order chi connectivity index (χ0) is 12.1. The van der Waals surface area contributed by atoms with Crippen LogP contribution in [-0.2, 0) is 9.59 Å². The summed E-state index contributed by atoms with van der Waals surface area (Å²) in [5.41, 5.74) is 1.30. The topological polar surface area (TPSA) is 79.3 Å². The number of carboxylic acid groups (broad SMARTS) is 1. The van der Waals surface area contributed by atoms with Crippen LogP contribution in [-0.4, -0.2) is 22.0 Å². The van der Waals surface area contributed by atoms with Gasteiger partial charge in [-0.15, -0.1) is 0 Å². The molecule has 0 aliphatic rings. The average Bonchev–Trinajstić information content (AvgIpc) is 2.15. The minimum atomic E-state index is -1.18. The number of nitrogens with one attached hydrogen (secondary N) is 1. The third-order valence-corrected chi connectivity index (χ3v) is 1.77. The van der Waals surface area contributed by atoms with E-state index < -0.39 is 11.9 Å². The highest BCUT2D eigenvalue weighted by Crippen LogP contribution is 2.06. The Labute approximate surface area is 92.8 Å². The molecular weight excluding hydrogens is 208 g/mol. The van der Waals surface area contributed by atoms with Crippen LogP contribution in [0.1, 0.15) is 18.2 Å². The summed E-state index contributed by atoms with van der Waals surface area (Å²) in [6.07, 6.45) is 2.97. The molecule has 1 heterocycles. The van der Waals surface area contributed by atoms with E-state index in [-0.39, 0.29) is 5.70 Å². The average molecular weight is 220 g/mol. The molecule has 0 atom stereocenters. The van der Waals surface area contributed by atoms with Crippen LogP contribution in [0.4, 0.5) is 0 Å². The van der Waals surface area contributed by atoms with Gasteiger partial charge in [-0.05, 0) is 30.7 Å². The summed E-state index contributed by atoms with van der Waals surface area (Å²) in [5.74, 6) is -1.59. The van der Waals surface area contributed by atoms with E-state index in [0.717, 1.165) is 5.69 Å². The predicted molar refractivity (Wildman–Crippen MR) is 58.4 cm³/mol. The lowest BCUT2D eigenvalue weighted by molar-refractivity contribution is -0.134. The summed E-state index contributed by atoms with van der Waals surface area (Å²) < 4.78 is 0. The minimum Gasteiger partial charge on any atom is -0.477 e. The number of hydrogen-bond donors (Lipinski definition) is 2. The molecule has 0 aliphatic heterocycles. The van der Waals surface area contributed by atoms with Gasteiger partial charge in [0.2, 0.25) is 5.91 Å². The minimum absolute atomic E-state index is 0.155. The second kappa shape index (κ2) is 5.06. The Bertz CT molecular complexity index is 452. The number of nitrogens with zero attached hydrogens (tertiary/aromatic N) is 1. The fourth-order valence-electron chi connectivity index (χ4n) is 1.16. The van der Waals surface area contributed by atoms with Gasteiger partial charge in [0.1, 0.15) is 5.70 Å². The van der Waals surface area contributed by atoms with Gasteiger partial charge in [0.15, 0.2) is 0 Å². The van der Waals surface area contributed by atoms with Gasteiger partial charge in [-0.3, -0.25) is 9.78 Å². The Morgan fingerprint density at radius 2 is 2.19 bits per heavy atom. The van der Waals surface area contributed by atoms with Crippen LogP contribution in [0.3, 0.4) is 0 Å². The van der Waals surface area contributed by atoms with Gasteiger partial charge in [-0.1, -0.05) is 0 Å². The summed E-state index contributed by atoms with van der Waals surface area (Å²) in [5, 5.41) is 11.1. The second-order valence-electron chi connectivity index (χ2n) is 3.27. The number of aryl methyl sites for hydroxylation is 1. The van der Waals surface area contributed by atoms with Crippen LogP contribution in [0.15, 0.2) is 24.0 Å². The standard InChI is InChI=1S/C11H12N2O3/c1-7-5-9(3-4-12-7)6-10(11(15)16)13-8(2)14/h3-6H,1-2H3,(H,13,14)(H,15,16)/b10-6+. The zero-order valence-electron chi connectivity index (χ0n) is 9.02.